The van der Waals surface area contributed by atoms with Gasteiger partial charge in [-0.05, 0) is 35.1 Å². The third kappa shape index (κ3) is 3.42. The number of likely N-dealkylation sites (tertiary alicyclic amines) is 1. The van der Waals surface area contributed by atoms with Gasteiger partial charge in [-0.2, -0.15) is 0 Å². The smallest absolute Gasteiger partial charge is 0.260 e. The van der Waals surface area contributed by atoms with Gasteiger partial charge in [0.15, 0.2) is 12.9 Å². The summed E-state index contributed by atoms with van der Waals surface area (Å²) >= 11 is 0. The van der Waals surface area contributed by atoms with Crippen molar-refractivity contribution in [2.24, 2.45) is 11.8 Å². The molecule has 2 aromatic carbocycles. The highest BCUT2D eigenvalue weighted by molar-refractivity contribution is 6.00. The first-order valence-electron chi connectivity index (χ1n) is 8.46. The van der Waals surface area contributed by atoms with Crippen molar-refractivity contribution in [3.8, 4) is 5.75 Å². The van der Waals surface area contributed by atoms with Crippen LogP contribution in [-0.2, 0) is 4.79 Å². The van der Waals surface area contributed by atoms with Crippen LogP contribution in [-0.4, -0.2) is 36.8 Å². The maximum absolute atomic E-state index is 12.4. The molecule has 24 heavy (non-hydrogen) atoms. The van der Waals surface area contributed by atoms with Crippen molar-refractivity contribution in [2.45, 2.75) is 20.3 Å². The zero-order valence-electron chi connectivity index (χ0n) is 14.2. The molecule has 2 aromatic rings. The van der Waals surface area contributed by atoms with Gasteiger partial charge in [0, 0.05) is 13.1 Å². The molecule has 0 N–H and O–H groups in total. The molecule has 4 nitrogen and oxygen atoms in total. The van der Waals surface area contributed by atoms with Crippen molar-refractivity contribution in [3.05, 3.63) is 42.0 Å². The highest BCUT2D eigenvalue weighted by Gasteiger charge is 2.25. The molecule has 126 valence electrons. The van der Waals surface area contributed by atoms with Gasteiger partial charge in [-0.1, -0.05) is 44.2 Å². The number of rotatable bonds is 4. The Labute approximate surface area is 142 Å². The molecular formula is C20H23NO3. The van der Waals surface area contributed by atoms with Crippen LogP contribution in [0.5, 0.6) is 5.75 Å². The Kier molecular flexibility index (Phi) is 4.84. The molecule has 0 bridgehead atoms. The van der Waals surface area contributed by atoms with Crippen LogP contribution in [0.15, 0.2) is 36.4 Å². The molecule has 0 spiro atoms. The molecule has 0 radical (unpaired) electrons. The molecule has 3 rings (SSSR count). The highest BCUT2D eigenvalue weighted by atomic mass is 16.5. The van der Waals surface area contributed by atoms with E-state index >= 15 is 0 Å². The number of aldehydes is 1. The maximum atomic E-state index is 12.4. The minimum absolute atomic E-state index is 0.0154. The van der Waals surface area contributed by atoms with Crippen LogP contribution < -0.4 is 4.74 Å². The average molecular weight is 325 g/mol. The molecule has 1 saturated heterocycles. The number of hydrogen-bond donors (Lipinski definition) is 0. The van der Waals surface area contributed by atoms with Crippen molar-refractivity contribution < 1.29 is 14.3 Å². The van der Waals surface area contributed by atoms with Gasteiger partial charge in [-0.3, -0.25) is 9.59 Å². The molecule has 1 fully saturated rings. The number of nitrogens with zero attached hydrogens (tertiary/aromatic N) is 1. The largest absolute Gasteiger partial charge is 0.483 e. The fourth-order valence-electron chi connectivity index (χ4n) is 3.62. The lowest BCUT2D eigenvalue weighted by molar-refractivity contribution is -0.136. The summed E-state index contributed by atoms with van der Waals surface area (Å²) in [6, 6.07) is 11.3. The van der Waals surface area contributed by atoms with Gasteiger partial charge in [-0.15, -0.1) is 0 Å². The molecule has 1 aliphatic rings. The molecule has 0 aromatic heterocycles. The van der Waals surface area contributed by atoms with Crippen molar-refractivity contribution in [1.82, 2.24) is 4.90 Å². The lowest BCUT2D eigenvalue weighted by Gasteiger charge is -2.34. The summed E-state index contributed by atoms with van der Waals surface area (Å²) in [6.45, 7) is 5.88. The van der Waals surface area contributed by atoms with E-state index in [1.807, 2.05) is 35.2 Å². The van der Waals surface area contributed by atoms with E-state index in [2.05, 4.69) is 13.8 Å². The van der Waals surface area contributed by atoms with Crippen LogP contribution >= 0.6 is 0 Å². The zero-order valence-corrected chi connectivity index (χ0v) is 14.2. The average Bonchev–Trinajstić information content (AvgIpc) is 2.58. The molecule has 0 unspecified atom stereocenters. The number of benzene rings is 2. The Morgan fingerprint density at radius 2 is 1.88 bits per heavy atom. The third-order valence-corrected chi connectivity index (χ3v) is 4.62. The van der Waals surface area contributed by atoms with Crippen LogP contribution in [0, 0.1) is 11.8 Å². The van der Waals surface area contributed by atoms with Gasteiger partial charge in [-0.25, -0.2) is 0 Å². The van der Waals surface area contributed by atoms with E-state index in [9.17, 15) is 9.59 Å². The summed E-state index contributed by atoms with van der Waals surface area (Å²) in [5.41, 5.74) is 0.501. The molecule has 0 saturated carbocycles. The minimum atomic E-state index is -0.0291. The number of amides is 1. The summed E-state index contributed by atoms with van der Waals surface area (Å²) in [5.74, 6) is 1.49. The van der Waals surface area contributed by atoms with Crippen LogP contribution in [0.2, 0.25) is 0 Å². The van der Waals surface area contributed by atoms with Crippen molar-refractivity contribution in [2.75, 3.05) is 19.7 Å². The van der Waals surface area contributed by atoms with Gasteiger partial charge >= 0.3 is 0 Å². The number of hydrogen-bond acceptors (Lipinski definition) is 3. The Bertz CT molecular complexity index is 746. The fourth-order valence-corrected chi connectivity index (χ4v) is 3.62. The van der Waals surface area contributed by atoms with E-state index < -0.39 is 0 Å². The van der Waals surface area contributed by atoms with Crippen molar-refractivity contribution >= 4 is 23.0 Å². The number of carbonyl (C=O) groups excluding carboxylic acids is 2. The van der Waals surface area contributed by atoms with Crippen LogP contribution in [0.3, 0.4) is 0 Å². The van der Waals surface area contributed by atoms with E-state index in [0.717, 1.165) is 36.6 Å². The molecular weight excluding hydrogens is 302 g/mol. The lowest BCUT2D eigenvalue weighted by atomic mass is 9.92. The normalized spacial score (nSPS) is 20.8. The maximum Gasteiger partial charge on any atom is 0.260 e. The number of carbonyl (C=O) groups is 2. The van der Waals surface area contributed by atoms with E-state index in [0.29, 0.717) is 23.1 Å². The highest BCUT2D eigenvalue weighted by Crippen LogP contribution is 2.27. The van der Waals surface area contributed by atoms with E-state index in [4.69, 9.17) is 4.74 Å². The predicted octanol–water partition coefficient (Wildman–Crippen LogP) is 3.54. The third-order valence-electron chi connectivity index (χ3n) is 4.62. The van der Waals surface area contributed by atoms with Crippen molar-refractivity contribution in [1.29, 1.82) is 0 Å². The second kappa shape index (κ2) is 7.04. The van der Waals surface area contributed by atoms with Gasteiger partial charge in [0.2, 0.25) is 0 Å². The lowest BCUT2D eigenvalue weighted by Crippen LogP contribution is -2.44. The summed E-state index contributed by atoms with van der Waals surface area (Å²) in [5, 5.41) is 1.83. The van der Waals surface area contributed by atoms with Gasteiger partial charge in [0.25, 0.3) is 5.91 Å². The number of piperidine rings is 1. The zero-order chi connectivity index (χ0) is 17.1. The first-order valence-corrected chi connectivity index (χ1v) is 8.46. The topological polar surface area (TPSA) is 46.6 Å². The number of ether oxygens (including phenoxy) is 1. The molecule has 1 aliphatic heterocycles. The fraction of sp³-hybridized carbons (Fsp3) is 0.400. The van der Waals surface area contributed by atoms with Crippen LogP contribution in [0.1, 0.15) is 30.6 Å². The molecule has 1 heterocycles. The summed E-state index contributed by atoms with van der Waals surface area (Å²) in [7, 11) is 0. The first-order chi connectivity index (χ1) is 11.6. The molecule has 1 amide bonds. The quantitative estimate of drug-likeness (QED) is 0.808. The summed E-state index contributed by atoms with van der Waals surface area (Å²) in [6.07, 6.45) is 1.96. The van der Waals surface area contributed by atoms with Crippen LogP contribution in [0.25, 0.3) is 10.8 Å². The number of fused-ring (bicyclic) bond motifs is 1. The predicted molar refractivity (Wildman–Crippen MR) is 94.4 cm³/mol. The molecule has 4 heteroatoms. The van der Waals surface area contributed by atoms with Gasteiger partial charge in [0.1, 0.15) is 5.75 Å². The minimum Gasteiger partial charge on any atom is -0.483 e. The summed E-state index contributed by atoms with van der Waals surface area (Å²) < 4.78 is 5.70. The standard InChI is InChI=1S/C20H23NO3/c1-14-9-15(2)11-21(10-14)20(23)13-24-19-8-7-16-5-3-4-6-17(16)18(19)12-22/h3-8,12,14-15H,9-11,13H2,1-2H3/t14-,15-/m1/s1. The Morgan fingerprint density at radius 1 is 1.17 bits per heavy atom. The monoisotopic (exact) mass is 325 g/mol. The van der Waals surface area contributed by atoms with Crippen LogP contribution in [0.4, 0.5) is 0 Å². The Balaban J connectivity index is 1.73. The van der Waals surface area contributed by atoms with E-state index in [1.165, 1.54) is 0 Å². The molecule has 2 atom stereocenters. The SMILES string of the molecule is C[C@@H]1C[C@@H](C)CN(C(=O)COc2ccc3ccccc3c2C=O)C1. The first kappa shape index (κ1) is 16.5. The second-order valence-electron chi connectivity index (χ2n) is 6.85. The molecule has 0 aliphatic carbocycles. The van der Waals surface area contributed by atoms with E-state index in [-0.39, 0.29) is 12.5 Å². The second-order valence-corrected chi connectivity index (χ2v) is 6.85. The Morgan fingerprint density at radius 3 is 2.58 bits per heavy atom. The summed E-state index contributed by atoms with van der Waals surface area (Å²) in [4.78, 5) is 25.8. The van der Waals surface area contributed by atoms with Gasteiger partial charge < -0.3 is 9.64 Å². The van der Waals surface area contributed by atoms with E-state index in [1.54, 1.807) is 6.07 Å². The van der Waals surface area contributed by atoms with Gasteiger partial charge in [0.05, 0.1) is 5.56 Å². The van der Waals surface area contributed by atoms with Crippen molar-refractivity contribution in [3.63, 3.8) is 0 Å². The Hall–Kier alpha value is -2.36.